The van der Waals surface area contributed by atoms with Gasteiger partial charge in [-0.3, -0.25) is 28.9 Å². The second-order valence-electron chi connectivity index (χ2n) is 7.14. The van der Waals surface area contributed by atoms with Gasteiger partial charge in [-0.25, -0.2) is 0 Å². The molecule has 0 atom stereocenters. The number of amides is 3. The summed E-state index contributed by atoms with van der Waals surface area (Å²) < 4.78 is 10.2. The van der Waals surface area contributed by atoms with Gasteiger partial charge in [0.2, 0.25) is 5.91 Å². The SMILES string of the molecule is CCOC(=O)CCC(=O)c1ccc2c(c1)N(CC(=O)Nc1ccccc1C(N)=O)C(=O)CO2. The Morgan fingerprint density at radius 2 is 1.88 bits per heavy atom. The fourth-order valence-electron chi connectivity index (χ4n) is 3.28. The van der Waals surface area contributed by atoms with Gasteiger partial charge >= 0.3 is 5.97 Å². The van der Waals surface area contributed by atoms with Crippen LogP contribution in [0, 0.1) is 0 Å². The van der Waals surface area contributed by atoms with E-state index in [9.17, 15) is 24.0 Å². The Bertz CT molecular complexity index is 1110. The summed E-state index contributed by atoms with van der Waals surface area (Å²) in [6, 6.07) is 10.7. The van der Waals surface area contributed by atoms with Gasteiger partial charge in [0.15, 0.2) is 12.4 Å². The number of nitrogens with zero attached hydrogens (tertiary/aromatic N) is 1. The number of rotatable bonds is 9. The number of anilines is 2. The van der Waals surface area contributed by atoms with Crippen LogP contribution in [0.25, 0.3) is 0 Å². The van der Waals surface area contributed by atoms with Crippen LogP contribution in [0.3, 0.4) is 0 Å². The number of ether oxygens (including phenoxy) is 2. The van der Waals surface area contributed by atoms with Crippen molar-refractivity contribution in [1.29, 1.82) is 0 Å². The van der Waals surface area contributed by atoms with Crippen LogP contribution in [0.2, 0.25) is 0 Å². The zero-order valence-corrected chi connectivity index (χ0v) is 18.0. The van der Waals surface area contributed by atoms with Crippen LogP contribution in [0.5, 0.6) is 5.75 Å². The third-order valence-corrected chi connectivity index (χ3v) is 4.85. The van der Waals surface area contributed by atoms with Crippen molar-refractivity contribution < 1.29 is 33.4 Å². The fraction of sp³-hybridized carbons (Fsp3) is 0.261. The number of nitrogens with two attached hydrogens (primary N) is 1. The van der Waals surface area contributed by atoms with Gasteiger partial charge in [0.1, 0.15) is 12.3 Å². The summed E-state index contributed by atoms with van der Waals surface area (Å²) in [6.07, 6.45) is -0.124. The molecule has 2 aromatic rings. The Hall–Kier alpha value is -4.21. The minimum Gasteiger partial charge on any atom is -0.482 e. The van der Waals surface area contributed by atoms with Crippen molar-refractivity contribution in [2.75, 3.05) is 30.0 Å². The minimum atomic E-state index is -0.704. The zero-order chi connectivity index (χ0) is 24.0. The topological polar surface area (TPSA) is 145 Å². The molecule has 0 fully saturated rings. The van der Waals surface area contributed by atoms with Crippen molar-refractivity contribution in [3.8, 4) is 5.75 Å². The van der Waals surface area contributed by atoms with Crippen LogP contribution in [0.1, 0.15) is 40.5 Å². The first-order valence-corrected chi connectivity index (χ1v) is 10.2. The van der Waals surface area contributed by atoms with Gasteiger partial charge in [-0.2, -0.15) is 0 Å². The molecule has 0 unspecified atom stereocenters. The van der Waals surface area contributed by atoms with Crippen LogP contribution >= 0.6 is 0 Å². The lowest BCUT2D eigenvalue weighted by Gasteiger charge is -2.29. The second kappa shape index (κ2) is 10.4. The average Bonchev–Trinajstić information content (AvgIpc) is 2.79. The molecule has 0 spiro atoms. The van der Waals surface area contributed by atoms with Crippen molar-refractivity contribution in [1.82, 2.24) is 0 Å². The van der Waals surface area contributed by atoms with Gasteiger partial charge in [0, 0.05) is 12.0 Å². The smallest absolute Gasteiger partial charge is 0.306 e. The molecule has 10 heteroatoms. The molecule has 0 bridgehead atoms. The van der Waals surface area contributed by atoms with Crippen molar-refractivity contribution in [2.24, 2.45) is 5.73 Å². The highest BCUT2D eigenvalue weighted by Gasteiger charge is 2.28. The zero-order valence-electron chi connectivity index (χ0n) is 18.0. The van der Waals surface area contributed by atoms with E-state index in [1.807, 2.05) is 0 Å². The van der Waals surface area contributed by atoms with Crippen LogP contribution in [-0.2, 0) is 19.1 Å². The highest BCUT2D eigenvalue weighted by molar-refractivity contribution is 6.08. The Morgan fingerprint density at radius 1 is 1.12 bits per heavy atom. The Labute approximate surface area is 189 Å². The van der Waals surface area contributed by atoms with Crippen molar-refractivity contribution >= 4 is 40.8 Å². The van der Waals surface area contributed by atoms with Crippen molar-refractivity contribution in [2.45, 2.75) is 19.8 Å². The standard InChI is InChI=1S/C23H23N3O7/c1-2-32-22(30)10-8-18(27)14-7-9-19-17(11-14)26(21(29)13-33-19)12-20(28)25-16-6-4-3-5-15(16)23(24)31/h3-7,9,11H,2,8,10,12-13H2,1H3,(H2,24,31)(H,25,28). The number of ketones is 1. The quantitative estimate of drug-likeness (QED) is 0.434. The summed E-state index contributed by atoms with van der Waals surface area (Å²) in [5, 5.41) is 2.58. The van der Waals surface area contributed by atoms with Crippen molar-refractivity contribution in [3.05, 3.63) is 53.6 Å². The summed E-state index contributed by atoms with van der Waals surface area (Å²) in [4.78, 5) is 62.0. The predicted octanol–water partition coefficient (Wildman–Crippen LogP) is 1.68. The Morgan fingerprint density at radius 3 is 2.61 bits per heavy atom. The summed E-state index contributed by atoms with van der Waals surface area (Å²) >= 11 is 0. The molecule has 3 N–H and O–H groups in total. The first-order chi connectivity index (χ1) is 15.8. The number of carbonyl (C=O) groups is 5. The lowest BCUT2D eigenvalue weighted by molar-refractivity contribution is -0.143. The van der Waals surface area contributed by atoms with Gasteiger partial charge in [-0.1, -0.05) is 12.1 Å². The number of carbonyl (C=O) groups excluding carboxylic acids is 5. The Kier molecular flexibility index (Phi) is 7.39. The van der Waals surface area contributed by atoms with Gasteiger partial charge in [-0.05, 0) is 37.3 Å². The second-order valence-corrected chi connectivity index (χ2v) is 7.14. The molecule has 1 aliphatic rings. The number of esters is 1. The first kappa shape index (κ1) is 23.5. The lowest BCUT2D eigenvalue weighted by Crippen LogP contribution is -2.43. The highest BCUT2D eigenvalue weighted by Crippen LogP contribution is 2.33. The molecule has 1 heterocycles. The molecule has 33 heavy (non-hydrogen) atoms. The third kappa shape index (κ3) is 5.73. The molecular formula is C23H23N3O7. The molecular weight excluding hydrogens is 430 g/mol. The van der Waals surface area contributed by atoms with E-state index < -0.39 is 23.7 Å². The molecule has 10 nitrogen and oxygen atoms in total. The maximum Gasteiger partial charge on any atom is 0.306 e. The van der Waals surface area contributed by atoms with E-state index in [4.69, 9.17) is 15.2 Å². The van der Waals surface area contributed by atoms with E-state index in [-0.39, 0.29) is 60.9 Å². The summed E-state index contributed by atoms with van der Waals surface area (Å²) in [5.74, 6) is -2.20. The molecule has 1 aliphatic heterocycles. The molecule has 0 aliphatic carbocycles. The number of primary amides is 1. The maximum atomic E-state index is 12.7. The van der Waals surface area contributed by atoms with Crippen molar-refractivity contribution in [3.63, 3.8) is 0 Å². The largest absolute Gasteiger partial charge is 0.482 e. The number of hydrogen-bond acceptors (Lipinski definition) is 7. The van der Waals surface area contributed by atoms with E-state index in [2.05, 4.69) is 5.32 Å². The van der Waals surface area contributed by atoms with E-state index in [0.717, 1.165) is 0 Å². The maximum absolute atomic E-state index is 12.7. The molecule has 0 radical (unpaired) electrons. The number of para-hydroxylation sites is 1. The summed E-state index contributed by atoms with van der Waals surface area (Å²) in [6.45, 7) is 1.26. The third-order valence-electron chi connectivity index (χ3n) is 4.85. The lowest BCUT2D eigenvalue weighted by atomic mass is 10.0. The molecule has 172 valence electrons. The molecule has 2 aromatic carbocycles. The van der Waals surface area contributed by atoms with E-state index in [1.165, 1.54) is 35.2 Å². The number of fused-ring (bicyclic) bond motifs is 1. The number of nitrogens with one attached hydrogen (secondary N) is 1. The normalized spacial score (nSPS) is 12.4. The van der Waals surface area contributed by atoms with Gasteiger partial charge in [0.25, 0.3) is 11.8 Å². The Balaban J connectivity index is 1.77. The summed E-state index contributed by atoms with van der Waals surface area (Å²) in [7, 11) is 0. The number of benzene rings is 2. The number of hydrogen-bond donors (Lipinski definition) is 2. The van der Waals surface area contributed by atoms with E-state index in [0.29, 0.717) is 5.75 Å². The molecule has 0 saturated heterocycles. The molecule has 0 saturated carbocycles. The van der Waals surface area contributed by atoms with Crippen LogP contribution in [0.15, 0.2) is 42.5 Å². The predicted molar refractivity (Wildman–Crippen MR) is 118 cm³/mol. The molecule has 0 aromatic heterocycles. The molecule has 3 rings (SSSR count). The van der Waals surface area contributed by atoms with Gasteiger partial charge < -0.3 is 20.5 Å². The van der Waals surface area contributed by atoms with Gasteiger partial charge in [0.05, 0.1) is 30.0 Å². The van der Waals surface area contributed by atoms with E-state index in [1.54, 1.807) is 19.1 Å². The number of Topliss-reactive ketones (excluding diaryl/α,β-unsaturated/α-hetero) is 1. The fourth-order valence-corrected chi connectivity index (χ4v) is 3.28. The molecule has 3 amide bonds. The highest BCUT2D eigenvalue weighted by atomic mass is 16.5. The van der Waals surface area contributed by atoms with Crippen LogP contribution in [0.4, 0.5) is 11.4 Å². The minimum absolute atomic E-state index is 0.0587. The van der Waals surface area contributed by atoms with Crippen LogP contribution < -0.4 is 20.7 Å². The summed E-state index contributed by atoms with van der Waals surface area (Å²) in [5.41, 5.74) is 6.21. The van der Waals surface area contributed by atoms with Crippen LogP contribution in [-0.4, -0.2) is 49.2 Å². The van der Waals surface area contributed by atoms with Gasteiger partial charge in [-0.15, -0.1) is 0 Å². The first-order valence-electron chi connectivity index (χ1n) is 10.2. The monoisotopic (exact) mass is 453 g/mol. The average molecular weight is 453 g/mol. The van der Waals surface area contributed by atoms with E-state index >= 15 is 0 Å².